The van der Waals surface area contributed by atoms with E-state index < -0.39 is 0 Å². The lowest BCUT2D eigenvalue weighted by atomic mass is 10.1. The second kappa shape index (κ2) is 9.60. The molecule has 0 aliphatic carbocycles. The summed E-state index contributed by atoms with van der Waals surface area (Å²) in [7, 11) is 0. The Morgan fingerprint density at radius 1 is 1.12 bits per heavy atom. The Morgan fingerprint density at radius 2 is 1.81 bits per heavy atom. The van der Waals surface area contributed by atoms with Crippen LogP contribution in [0.2, 0.25) is 5.02 Å². The van der Waals surface area contributed by atoms with Crippen LogP contribution in [0.1, 0.15) is 55.2 Å². The second-order valence-electron chi connectivity index (χ2n) is 6.36. The highest BCUT2D eigenvalue weighted by molar-refractivity contribution is 6.30. The molecule has 0 saturated heterocycles. The van der Waals surface area contributed by atoms with Crippen LogP contribution in [0.4, 0.5) is 0 Å². The largest absolute Gasteiger partial charge is 0.494 e. The number of rotatable bonds is 8. The maximum absolute atomic E-state index is 12.6. The number of carbonyl (C=O) groups excluding carboxylic acids is 1. The summed E-state index contributed by atoms with van der Waals surface area (Å²) in [4.78, 5) is 12.6. The molecule has 140 valence electrons. The lowest BCUT2D eigenvalue weighted by molar-refractivity contribution is 0.0641. The van der Waals surface area contributed by atoms with Gasteiger partial charge in [-0.3, -0.25) is 4.79 Å². The maximum Gasteiger partial charge on any atom is 0.251 e. The molecule has 0 heterocycles. The molecule has 0 radical (unpaired) electrons. The minimum absolute atomic E-state index is 0.104. The van der Waals surface area contributed by atoms with Gasteiger partial charge in [-0.2, -0.15) is 0 Å². The van der Waals surface area contributed by atoms with Gasteiger partial charge in [0, 0.05) is 16.1 Å². The molecule has 0 bridgehead atoms. The molecule has 0 aromatic heterocycles. The first-order valence-corrected chi connectivity index (χ1v) is 9.22. The predicted octanol–water partition coefficient (Wildman–Crippen LogP) is 5.15. The Morgan fingerprint density at radius 3 is 2.42 bits per heavy atom. The first kappa shape index (κ1) is 20.3. The molecule has 1 unspecified atom stereocenters. The van der Waals surface area contributed by atoms with Crippen molar-refractivity contribution in [2.45, 2.75) is 46.4 Å². The van der Waals surface area contributed by atoms with E-state index in [0.29, 0.717) is 23.8 Å². The van der Waals surface area contributed by atoms with Gasteiger partial charge in [0.15, 0.2) is 0 Å². The SMILES string of the molecule is CCOc1ccc(C(=O)NC(C)c2ccc(Cl)cc2)cc1COC(C)C. The highest BCUT2D eigenvalue weighted by Gasteiger charge is 2.14. The van der Waals surface area contributed by atoms with E-state index in [2.05, 4.69) is 5.32 Å². The van der Waals surface area contributed by atoms with E-state index in [-0.39, 0.29) is 18.1 Å². The molecule has 1 N–H and O–H groups in total. The van der Waals surface area contributed by atoms with Crippen LogP contribution in [0.3, 0.4) is 0 Å². The lowest BCUT2D eigenvalue weighted by Crippen LogP contribution is -2.26. The van der Waals surface area contributed by atoms with Crippen molar-refractivity contribution < 1.29 is 14.3 Å². The highest BCUT2D eigenvalue weighted by Crippen LogP contribution is 2.23. The quantitative estimate of drug-likeness (QED) is 0.693. The molecular formula is C21H26ClNO3. The molecule has 0 aliphatic rings. The third kappa shape index (κ3) is 5.75. The van der Waals surface area contributed by atoms with E-state index in [1.54, 1.807) is 6.07 Å². The van der Waals surface area contributed by atoms with Gasteiger partial charge in [0.25, 0.3) is 5.91 Å². The van der Waals surface area contributed by atoms with Crippen LogP contribution in [0.5, 0.6) is 5.75 Å². The number of benzene rings is 2. The van der Waals surface area contributed by atoms with Gasteiger partial charge in [-0.15, -0.1) is 0 Å². The van der Waals surface area contributed by atoms with Crippen LogP contribution >= 0.6 is 11.6 Å². The van der Waals surface area contributed by atoms with Gasteiger partial charge in [-0.05, 0) is 63.6 Å². The number of hydrogen-bond acceptors (Lipinski definition) is 3. The summed E-state index contributed by atoms with van der Waals surface area (Å²) in [5.74, 6) is 0.608. The fraction of sp³-hybridized carbons (Fsp3) is 0.381. The van der Waals surface area contributed by atoms with Crippen molar-refractivity contribution in [3.63, 3.8) is 0 Å². The Kier molecular flexibility index (Phi) is 7.49. The zero-order valence-corrected chi connectivity index (χ0v) is 16.5. The summed E-state index contributed by atoms with van der Waals surface area (Å²) in [5.41, 5.74) is 2.45. The van der Waals surface area contributed by atoms with Crippen LogP contribution in [-0.4, -0.2) is 18.6 Å². The number of halogens is 1. The van der Waals surface area contributed by atoms with Crippen molar-refractivity contribution in [3.8, 4) is 5.75 Å². The third-order valence-electron chi connectivity index (χ3n) is 3.91. The molecule has 1 atom stereocenters. The normalized spacial score (nSPS) is 12.1. The van der Waals surface area contributed by atoms with Gasteiger partial charge >= 0.3 is 0 Å². The lowest BCUT2D eigenvalue weighted by Gasteiger charge is -2.17. The van der Waals surface area contributed by atoms with E-state index in [1.807, 2.05) is 64.1 Å². The molecule has 5 heteroatoms. The van der Waals surface area contributed by atoms with Crippen molar-refractivity contribution in [3.05, 3.63) is 64.2 Å². The Hall–Kier alpha value is -2.04. The molecular weight excluding hydrogens is 350 g/mol. The van der Waals surface area contributed by atoms with E-state index in [1.165, 1.54) is 0 Å². The topological polar surface area (TPSA) is 47.6 Å². The molecule has 26 heavy (non-hydrogen) atoms. The minimum atomic E-state index is -0.138. The molecule has 1 amide bonds. The Balaban J connectivity index is 2.14. The Bertz CT molecular complexity index is 729. The van der Waals surface area contributed by atoms with Gasteiger partial charge in [-0.25, -0.2) is 0 Å². The maximum atomic E-state index is 12.6. The second-order valence-corrected chi connectivity index (χ2v) is 6.80. The van der Waals surface area contributed by atoms with Crippen LogP contribution < -0.4 is 10.1 Å². The van der Waals surface area contributed by atoms with Crippen molar-refractivity contribution >= 4 is 17.5 Å². The monoisotopic (exact) mass is 375 g/mol. The minimum Gasteiger partial charge on any atom is -0.494 e. The zero-order chi connectivity index (χ0) is 19.1. The molecule has 0 spiro atoms. The molecule has 0 fully saturated rings. The van der Waals surface area contributed by atoms with E-state index >= 15 is 0 Å². The van der Waals surface area contributed by atoms with Crippen LogP contribution in [-0.2, 0) is 11.3 Å². The van der Waals surface area contributed by atoms with Crippen molar-refractivity contribution in [2.75, 3.05) is 6.61 Å². The van der Waals surface area contributed by atoms with Crippen molar-refractivity contribution in [1.82, 2.24) is 5.32 Å². The predicted molar refractivity (Wildman–Crippen MR) is 105 cm³/mol. The molecule has 4 nitrogen and oxygen atoms in total. The fourth-order valence-corrected chi connectivity index (χ4v) is 2.63. The van der Waals surface area contributed by atoms with Gasteiger partial charge < -0.3 is 14.8 Å². The van der Waals surface area contributed by atoms with Crippen LogP contribution in [0, 0.1) is 0 Å². The number of hydrogen-bond donors (Lipinski definition) is 1. The third-order valence-corrected chi connectivity index (χ3v) is 4.16. The number of carbonyl (C=O) groups is 1. The van der Waals surface area contributed by atoms with Gasteiger partial charge in [-0.1, -0.05) is 23.7 Å². The summed E-state index contributed by atoms with van der Waals surface area (Å²) in [6, 6.07) is 12.8. The highest BCUT2D eigenvalue weighted by atomic mass is 35.5. The first-order chi connectivity index (χ1) is 12.4. The van der Waals surface area contributed by atoms with Crippen molar-refractivity contribution in [1.29, 1.82) is 0 Å². The fourth-order valence-electron chi connectivity index (χ4n) is 2.50. The van der Waals surface area contributed by atoms with Gasteiger partial charge in [0.1, 0.15) is 5.75 Å². The smallest absolute Gasteiger partial charge is 0.251 e. The molecule has 2 aromatic rings. The molecule has 0 saturated carbocycles. The standard InChI is InChI=1S/C21H26ClNO3/c1-5-25-20-11-8-17(12-18(20)13-26-14(2)3)21(24)23-15(4)16-6-9-19(22)10-7-16/h6-12,14-15H,5,13H2,1-4H3,(H,23,24). The average Bonchev–Trinajstić information content (AvgIpc) is 2.61. The first-order valence-electron chi connectivity index (χ1n) is 8.84. The molecule has 2 aromatic carbocycles. The van der Waals surface area contributed by atoms with E-state index in [9.17, 15) is 4.79 Å². The van der Waals surface area contributed by atoms with Gasteiger partial charge in [0.05, 0.1) is 25.4 Å². The average molecular weight is 376 g/mol. The van der Waals surface area contributed by atoms with Crippen LogP contribution in [0.15, 0.2) is 42.5 Å². The number of amides is 1. The van der Waals surface area contributed by atoms with E-state index in [0.717, 1.165) is 16.9 Å². The van der Waals surface area contributed by atoms with Crippen LogP contribution in [0.25, 0.3) is 0 Å². The zero-order valence-electron chi connectivity index (χ0n) is 15.7. The summed E-state index contributed by atoms with van der Waals surface area (Å²) >= 11 is 5.92. The Labute approximate surface area is 160 Å². The number of ether oxygens (including phenoxy) is 2. The van der Waals surface area contributed by atoms with Gasteiger partial charge in [0.2, 0.25) is 0 Å². The summed E-state index contributed by atoms with van der Waals surface area (Å²) < 4.78 is 11.3. The summed E-state index contributed by atoms with van der Waals surface area (Å²) in [6.07, 6.45) is 0.104. The molecule has 2 rings (SSSR count). The van der Waals surface area contributed by atoms with E-state index in [4.69, 9.17) is 21.1 Å². The van der Waals surface area contributed by atoms with Crippen molar-refractivity contribution in [2.24, 2.45) is 0 Å². The molecule has 0 aliphatic heterocycles. The number of nitrogens with one attached hydrogen (secondary N) is 1. The summed E-state index contributed by atoms with van der Waals surface area (Å²) in [6.45, 7) is 8.80. The summed E-state index contributed by atoms with van der Waals surface area (Å²) in [5, 5.41) is 3.69.